The average molecular weight is 326 g/mol. The third-order valence-electron chi connectivity index (χ3n) is 2.50. The van der Waals surface area contributed by atoms with Crippen LogP contribution in [-0.2, 0) is 0 Å². The molecule has 0 fully saturated rings. The topological polar surface area (TPSA) is 83.1 Å². The number of hydrogen-bond acceptors (Lipinski definition) is 4. The van der Waals surface area contributed by atoms with Crippen LogP contribution < -0.4 is 16.0 Å². The summed E-state index contributed by atoms with van der Waals surface area (Å²) < 4.78 is 26.8. The first-order valence-electron chi connectivity index (χ1n) is 6.27. The molecule has 0 spiro atoms. The van der Waals surface area contributed by atoms with E-state index in [9.17, 15) is 18.4 Å². The molecule has 0 unspecified atom stereocenters. The molecule has 9 heteroatoms. The quantitative estimate of drug-likeness (QED) is 0.808. The van der Waals surface area contributed by atoms with Crippen molar-refractivity contribution in [3.63, 3.8) is 0 Å². The number of hydrogen-bond donors (Lipinski definition) is 3. The van der Waals surface area contributed by atoms with E-state index >= 15 is 0 Å². The highest BCUT2D eigenvalue weighted by Gasteiger charge is 2.14. The minimum atomic E-state index is -0.891. The second kappa shape index (κ2) is 6.94. The Kier molecular flexibility index (Phi) is 4.99. The summed E-state index contributed by atoms with van der Waals surface area (Å²) in [5, 5.41) is 8.52. The van der Waals surface area contributed by atoms with Crippen LogP contribution in [0, 0.1) is 11.6 Å². The van der Waals surface area contributed by atoms with Crippen molar-refractivity contribution in [3.05, 3.63) is 40.9 Å². The van der Waals surface area contributed by atoms with Crippen LogP contribution in [0.3, 0.4) is 0 Å². The average Bonchev–Trinajstić information content (AvgIpc) is 2.92. The van der Waals surface area contributed by atoms with E-state index in [4.69, 9.17) is 0 Å². The number of nitrogens with zero attached hydrogens (tertiary/aromatic N) is 1. The van der Waals surface area contributed by atoms with E-state index in [0.29, 0.717) is 6.54 Å². The van der Waals surface area contributed by atoms with Gasteiger partial charge in [0.1, 0.15) is 23.0 Å². The number of carbonyl (C=O) groups excluding carboxylic acids is 2. The normalized spacial score (nSPS) is 10.1. The minimum absolute atomic E-state index is 0.135. The molecule has 22 heavy (non-hydrogen) atoms. The van der Waals surface area contributed by atoms with Crippen molar-refractivity contribution in [2.75, 3.05) is 17.2 Å². The van der Waals surface area contributed by atoms with Crippen LogP contribution in [0.15, 0.2) is 23.6 Å². The molecule has 3 amide bonds. The summed E-state index contributed by atoms with van der Waals surface area (Å²) in [6.45, 7) is 2.21. The van der Waals surface area contributed by atoms with Crippen LogP contribution in [0.1, 0.15) is 17.4 Å². The number of para-hydroxylation sites is 1. The lowest BCUT2D eigenvalue weighted by Gasteiger charge is -2.07. The standard InChI is InChI=1S/C13H12F2N4O2S/c1-2-16-11(20)9-6-22-13(17-9)19-12(21)18-10-7(14)4-3-5-8(10)15/h3-6H,2H2,1H3,(H,16,20)(H2,17,18,19,21). The maximum atomic E-state index is 13.4. The molecule has 2 aromatic rings. The number of carbonyl (C=O) groups is 2. The van der Waals surface area contributed by atoms with Crippen molar-refractivity contribution in [3.8, 4) is 0 Å². The summed E-state index contributed by atoms with van der Waals surface area (Å²) in [7, 11) is 0. The molecule has 1 aromatic heterocycles. The lowest BCUT2D eigenvalue weighted by atomic mass is 10.3. The summed E-state index contributed by atoms with van der Waals surface area (Å²) in [6.07, 6.45) is 0. The molecule has 1 heterocycles. The van der Waals surface area contributed by atoms with Gasteiger partial charge in [-0.3, -0.25) is 10.1 Å². The largest absolute Gasteiger partial charge is 0.351 e. The highest BCUT2D eigenvalue weighted by molar-refractivity contribution is 7.14. The summed E-state index contributed by atoms with van der Waals surface area (Å²) in [5.74, 6) is -2.15. The minimum Gasteiger partial charge on any atom is -0.351 e. The third kappa shape index (κ3) is 3.76. The second-order valence-corrected chi connectivity index (χ2v) is 4.93. The molecule has 6 nitrogen and oxygen atoms in total. The van der Waals surface area contributed by atoms with Crippen LogP contribution in [0.2, 0.25) is 0 Å². The molecule has 1 aromatic carbocycles. The van der Waals surface area contributed by atoms with Gasteiger partial charge in [-0.2, -0.15) is 0 Å². The number of nitrogens with one attached hydrogen (secondary N) is 3. The number of anilines is 2. The lowest BCUT2D eigenvalue weighted by molar-refractivity contribution is 0.0951. The van der Waals surface area contributed by atoms with Gasteiger partial charge in [0, 0.05) is 11.9 Å². The van der Waals surface area contributed by atoms with Gasteiger partial charge in [-0.15, -0.1) is 11.3 Å². The Labute approximate surface area is 128 Å². The van der Waals surface area contributed by atoms with Crippen molar-refractivity contribution in [1.82, 2.24) is 10.3 Å². The lowest BCUT2D eigenvalue weighted by Crippen LogP contribution is -2.23. The van der Waals surface area contributed by atoms with E-state index in [1.165, 1.54) is 11.4 Å². The monoisotopic (exact) mass is 326 g/mol. The third-order valence-corrected chi connectivity index (χ3v) is 3.25. The second-order valence-electron chi connectivity index (χ2n) is 4.07. The summed E-state index contributed by atoms with van der Waals surface area (Å²) in [5.41, 5.74) is -0.403. The van der Waals surface area contributed by atoms with Gasteiger partial charge >= 0.3 is 6.03 Å². The molecule has 0 aliphatic heterocycles. The van der Waals surface area contributed by atoms with Crippen molar-refractivity contribution < 1.29 is 18.4 Å². The van der Waals surface area contributed by atoms with Crippen molar-refractivity contribution >= 4 is 34.1 Å². The number of urea groups is 1. The van der Waals surface area contributed by atoms with Crippen LogP contribution in [0.25, 0.3) is 0 Å². The molecule has 0 saturated heterocycles. The Morgan fingerprint density at radius 1 is 1.23 bits per heavy atom. The Morgan fingerprint density at radius 2 is 1.91 bits per heavy atom. The van der Waals surface area contributed by atoms with Gasteiger partial charge in [0.15, 0.2) is 5.13 Å². The van der Waals surface area contributed by atoms with E-state index in [-0.39, 0.29) is 16.7 Å². The number of halogens is 2. The molecular formula is C13H12F2N4O2S. The fourth-order valence-electron chi connectivity index (χ4n) is 1.55. The van der Waals surface area contributed by atoms with Crippen LogP contribution in [0.5, 0.6) is 0 Å². The first-order chi connectivity index (χ1) is 10.5. The Bertz CT molecular complexity index is 685. The van der Waals surface area contributed by atoms with Gasteiger partial charge in [0.05, 0.1) is 0 Å². The van der Waals surface area contributed by atoms with Crippen molar-refractivity contribution in [1.29, 1.82) is 0 Å². The number of thiazole rings is 1. The van der Waals surface area contributed by atoms with E-state index in [1.807, 2.05) is 0 Å². The fourth-order valence-corrected chi connectivity index (χ4v) is 2.23. The van der Waals surface area contributed by atoms with E-state index in [1.54, 1.807) is 6.92 Å². The van der Waals surface area contributed by atoms with Gasteiger partial charge in [-0.1, -0.05) is 6.07 Å². The van der Waals surface area contributed by atoms with Gasteiger partial charge in [-0.05, 0) is 19.1 Å². The Hall–Kier alpha value is -2.55. The zero-order valence-corrected chi connectivity index (χ0v) is 12.3. The van der Waals surface area contributed by atoms with E-state index < -0.39 is 23.4 Å². The van der Waals surface area contributed by atoms with Crippen molar-refractivity contribution in [2.45, 2.75) is 6.92 Å². The first kappa shape index (κ1) is 15.8. The molecule has 0 saturated carbocycles. The highest BCUT2D eigenvalue weighted by atomic mass is 32.1. The Balaban J connectivity index is 2.02. The van der Waals surface area contributed by atoms with Gasteiger partial charge in [0.2, 0.25) is 0 Å². The van der Waals surface area contributed by atoms with Crippen LogP contribution in [0.4, 0.5) is 24.4 Å². The van der Waals surface area contributed by atoms with E-state index in [2.05, 4.69) is 20.9 Å². The number of benzene rings is 1. The molecule has 0 radical (unpaired) electrons. The molecule has 0 bridgehead atoms. The number of aromatic nitrogens is 1. The molecule has 0 aliphatic rings. The molecule has 116 valence electrons. The van der Waals surface area contributed by atoms with Gasteiger partial charge in [-0.25, -0.2) is 18.6 Å². The molecule has 0 atom stereocenters. The smallest absolute Gasteiger partial charge is 0.325 e. The molecule has 3 N–H and O–H groups in total. The summed E-state index contributed by atoms with van der Waals surface area (Å²) in [6, 6.07) is 2.37. The SMILES string of the molecule is CCNC(=O)c1csc(NC(=O)Nc2c(F)cccc2F)n1. The molecule has 0 aliphatic carbocycles. The predicted octanol–water partition coefficient (Wildman–Crippen LogP) is 2.82. The molecular weight excluding hydrogens is 314 g/mol. The number of rotatable bonds is 4. The fraction of sp³-hybridized carbons (Fsp3) is 0.154. The van der Waals surface area contributed by atoms with E-state index in [0.717, 1.165) is 23.5 Å². The summed E-state index contributed by atoms with van der Waals surface area (Å²) in [4.78, 5) is 27.1. The van der Waals surface area contributed by atoms with Gasteiger partial charge in [0.25, 0.3) is 5.91 Å². The van der Waals surface area contributed by atoms with Gasteiger partial charge < -0.3 is 10.6 Å². The number of amides is 3. The first-order valence-corrected chi connectivity index (χ1v) is 7.15. The Morgan fingerprint density at radius 3 is 2.55 bits per heavy atom. The summed E-state index contributed by atoms with van der Waals surface area (Å²) >= 11 is 1.02. The maximum Gasteiger partial charge on any atom is 0.325 e. The van der Waals surface area contributed by atoms with Crippen LogP contribution in [-0.4, -0.2) is 23.5 Å². The van der Waals surface area contributed by atoms with Crippen molar-refractivity contribution in [2.24, 2.45) is 0 Å². The predicted molar refractivity (Wildman–Crippen MR) is 79.1 cm³/mol. The zero-order chi connectivity index (χ0) is 16.1. The molecule has 2 rings (SSSR count). The maximum absolute atomic E-state index is 13.4. The highest BCUT2D eigenvalue weighted by Crippen LogP contribution is 2.19. The zero-order valence-electron chi connectivity index (χ0n) is 11.4. The van der Waals surface area contributed by atoms with Crippen LogP contribution >= 0.6 is 11.3 Å².